The third kappa shape index (κ3) is 5.61. The highest BCUT2D eigenvalue weighted by Gasteiger charge is 2.47. The van der Waals surface area contributed by atoms with Crippen molar-refractivity contribution in [3.63, 3.8) is 0 Å². The van der Waals surface area contributed by atoms with E-state index in [1.807, 2.05) is 12.3 Å². The van der Waals surface area contributed by atoms with E-state index in [1.54, 1.807) is 36.1 Å². The van der Waals surface area contributed by atoms with Crippen LogP contribution in [-0.4, -0.2) is 82.3 Å². The minimum atomic E-state index is -4.16. The van der Waals surface area contributed by atoms with Crippen LogP contribution in [0.4, 0.5) is 4.39 Å². The number of halogens is 1. The Morgan fingerprint density at radius 1 is 1.15 bits per heavy atom. The molecule has 2 N–H and O–H groups in total. The van der Waals surface area contributed by atoms with Gasteiger partial charge in [-0.05, 0) is 48.2 Å². The highest BCUT2D eigenvalue weighted by molar-refractivity contribution is 7.89. The van der Waals surface area contributed by atoms with Crippen LogP contribution in [0.5, 0.6) is 5.75 Å². The summed E-state index contributed by atoms with van der Waals surface area (Å²) in [7, 11) is -2.35. The molecular formula is C29H34FN5O5S. The molecule has 0 aliphatic carbocycles. The van der Waals surface area contributed by atoms with Crippen LogP contribution in [-0.2, 0) is 28.4 Å². The number of likely N-dealkylation sites (tertiary alicyclic amines) is 1. The Morgan fingerprint density at radius 3 is 2.68 bits per heavy atom. The summed E-state index contributed by atoms with van der Waals surface area (Å²) in [6.07, 6.45) is 4.35. The van der Waals surface area contributed by atoms with Gasteiger partial charge < -0.3 is 15.2 Å². The molecule has 41 heavy (non-hydrogen) atoms. The largest absolute Gasteiger partial charge is 0.492 e. The lowest BCUT2D eigenvalue weighted by molar-refractivity contribution is -0.127. The van der Waals surface area contributed by atoms with Gasteiger partial charge in [-0.2, -0.15) is 9.40 Å². The number of sulfonamides is 1. The van der Waals surface area contributed by atoms with E-state index in [9.17, 15) is 22.7 Å². The van der Waals surface area contributed by atoms with Gasteiger partial charge in [-0.1, -0.05) is 18.2 Å². The second-order valence-corrected chi connectivity index (χ2v) is 13.2. The van der Waals surface area contributed by atoms with E-state index in [0.29, 0.717) is 38.9 Å². The number of nitrogens with zero attached hydrogens (tertiary/aromatic N) is 4. The zero-order chi connectivity index (χ0) is 28.8. The van der Waals surface area contributed by atoms with Crippen molar-refractivity contribution >= 4 is 15.9 Å². The summed E-state index contributed by atoms with van der Waals surface area (Å²) in [5.41, 5.74) is 1.86. The highest BCUT2D eigenvalue weighted by atomic mass is 32.2. The summed E-state index contributed by atoms with van der Waals surface area (Å²) in [6.45, 7) is 1.99. The molecule has 3 aliphatic rings. The zero-order valence-corrected chi connectivity index (χ0v) is 23.7. The minimum absolute atomic E-state index is 0.0246. The molecule has 0 bridgehead atoms. The molecule has 0 unspecified atom stereocenters. The lowest BCUT2D eigenvalue weighted by Gasteiger charge is -2.43. The summed E-state index contributed by atoms with van der Waals surface area (Å²) in [4.78, 5) is 15.9. The summed E-state index contributed by atoms with van der Waals surface area (Å²) in [5.74, 6) is -0.465. The molecule has 218 valence electrons. The number of piperidine rings is 1. The van der Waals surface area contributed by atoms with Crippen molar-refractivity contribution in [1.29, 1.82) is 0 Å². The lowest BCUT2D eigenvalue weighted by atomic mass is 9.84. The number of aliphatic hydroxyl groups is 1. The number of carbonyl (C=O) groups excluding carboxylic acids is 1. The molecule has 10 nitrogen and oxygen atoms in total. The van der Waals surface area contributed by atoms with Gasteiger partial charge in [0.25, 0.3) is 0 Å². The molecule has 6 rings (SSSR count). The molecule has 2 atom stereocenters. The first-order chi connectivity index (χ1) is 19.6. The minimum Gasteiger partial charge on any atom is -0.492 e. The number of aryl methyl sites for hydroxylation is 1. The Kier molecular flexibility index (Phi) is 7.35. The van der Waals surface area contributed by atoms with Crippen molar-refractivity contribution in [1.82, 2.24) is 24.3 Å². The van der Waals surface area contributed by atoms with Crippen LogP contribution in [0.3, 0.4) is 0 Å². The predicted octanol–water partition coefficient (Wildman–Crippen LogP) is 2.28. The number of rotatable bonds is 3. The predicted molar refractivity (Wildman–Crippen MR) is 149 cm³/mol. The maximum atomic E-state index is 13.9. The molecule has 4 heterocycles. The molecular weight excluding hydrogens is 549 g/mol. The quantitative estimate of drug-likeness (QED) is 0.486. The van der Waals surface area contributed by atoms with E-state index in [2.05, 4.69) is 15.3 Å². The summed E-state index contributed by atoms with van der Waals surface area (Å²) < 4.78 is 50.5. The van der Waals surface area contributed by atoms with Crippen LogP contribution >= 0.6 is 0 Å². The van der Waals surface area contributed by atoms with Crippen molar-refractivity contribution in [3.05, 3.63) is 66.2 Å². The molecule has 0 radical (unpaired) electrons. The number of ether oxygens (including phenoxy) is 1. The number of amides is 1. The van der Waals surface area contributed by atoms with Gasteiger partial charge in [-0.15, -0.1) is 0 Å². The van der Waals surface area contributed by atoms with E-state index in [1.165, 1.54) is 18.2 Å². The van der Waals surface area contributed by atoms with Crippen LogP contribution in [0.25, 0.3) is 11.1 Å². The Balaban J connectivity index is 1.30. The number of benzene rings is 2. The standard InChI is InChI=1S/C29H34FN5O5S/c1-33-18-22(16-31-33)21-5-6-27-26(14-21)40-12-9-29(32-28(37)25-15-24(36)19-35(25)41(27,38)39)7-10-34(11-8-29)17-20-3-2-4-23(30)13-20/h2-6,13-14,16,18,24-25,36H,7-12,15,17,19H2,1H3,(H,32,37)/t24-,25+/m1/s1. The second-order valence-electron chi connectivity index (χ2n) is 11.3. The molecule has 12 heteroatoms. The van der Waals surface area contributed by atoms with Crippen LogP contribution in [0, 0.1) is 5.82 Å². The number of fused-ring (bicyclic) bond motifs is 2. The van der Waals surface area contributed by atoms with Crippen molar-refractivity contribution < 1.29 is 27.4 Å². The maximum Gasteiger partial charge on any atom is 0.247 e. The molecule has 1 spiro atoms. The molecule has 3 aromatic rings. The maximum absolute atomic E-state index is 13.9. The van der Waals surface area contributed by atoms with Crippen LogP contribution < -0.4 is 10.1 Å². The normalized spacial score (nSPS) is 24.6. The number of aromatic nitrogens is 2. The summed E-state index contributed by atoms with van der Waals surface area (Å²) in [5, 5.41) is 17.9. The average molecular weight is 584 g/mol. The van der Waals surface area contributed by atoms with E-state index in [4.69, 9.17) is 4.74 Å². The first kappa shape index (κ1) is 27.8. The average Bonchev–Trinajstić information content (AvgIpc) is 3.55. The molecule has 3 aliphatic heterocycles. The van der Waals surface area contributed by atoms with E-state index < -0.39 is 33.6 Å². The van der Waals surface area contributed by atoms with E-state index >= 15 is 0 Å². The van der Waals surface area contributed by atoms with Crippen molar-refractivity contribution in [2.45, 2.75) is 54.8 Å². The Labute approximate surface area is 238 Å². The van der Waals surface area contributed by atoms with Gasteiger partial charge in [0.05, 0.1) is 18.9 Å². The molecule has 2 saturated heterocycles. The number of hydrogen-bond acceptors (Lipinski definition) is 7. The van der Waals surface area contributed by atoms with Gasteiger partial charge in [0.1, 0.15) is 22.5 Å². The monoisotopic (exact) mass is 583 g/mol. The molecule has 2 aromatic carbocycles. The number of nitrogens with one attached hydrogen (secondary N) is 1. The third-order valence-electron chi connectivity index (χ3n) is 8.44. The molecule has 2 fully saturated rings. The van der Waals surface area contributed by atoms with Crippen LogP contribution in [0.15, 0.2) is 59.8 Å². The summed E-state index contributed by atoms with van der Waals surface area (Å²) >= 11 is 0. The first-order valence-electron chi connectivity index (χ1n) is 13.9. The second kappa shape index (κ2) is 10.8. The summed E-state index contributed by atoms with van der Waals surface area (Å²) in [6, 6.07) is 10.4. The first-order valence-corrected chi connectivity index (χ1v) is 15.3. The van der Waals surface area contributed by atoms with Gasteiger partial charge in [0.15, 0.2) is 0 Å². The topological polar surface area (TPSA) is 117 Å². The van der Waals surface area contributed by atoms with Gasteiger partial charge in [-0.25, -0.2) is 12.8 Å². The number of carbonyl (C=O) groups is 1. The van der Waals surface area contributed by atoms with Gasteiger partial charge in [-0.3, -0.25) is 14.4 Å². The molecule has 1 amide bonds. The van der Waals surface area contributed by atoms with Crippen molar-refractivity contribution in [3.8, 4) is 16.9 Å². The number of hydrogen-bond donors (Lipinski definition) is 2. The van der Waals surface area contributed by atoms with Crippen LogP contribution in [0.1, 0.15) is 31.2 Å². The van der Waals surface area contributed by atoms with E-state index in [-0.39, 0.29) is 36.0 Å². The number of aliphatic hydroxyl groups excluding tert-OH is 1. The Morgan fingerprint density at radius 2 is 1.95 bits per heavy atom. The smallest absolute Gasteiger partial charge is 0.247 e. The fourth-order valence-electron chi connectivity index (χ4n) is 6.17. The van der Waals surface area contributed by atoms with Crippen molar-refractivity contribution in [2.24, 2.45) is 7.05 Å². The fraction of sp³-hybridized carbons (Fsp3) is 0.448. The van der Waals surface area contributed by atoms with Gasteiger partial charge in [0, 0.05) is 63.4 Å². The Hall–Kier alpha value is -3.32. The van der Waals surface area contributed by atoms with Crippen molar-refractivity contribution in [2.75, 3.05) is 26.2 Å². The lowest BCUT2D eigenvalue weighted by Crippen LogP contribution is -2.59. The molecule has 1 aromatic heterocycles. The molecule has 0 saturated carbocycles. The SMILES string of the molecule is Cn1cc(-c2ccc3c(c2)OCCC2(CCN(Cc4cccc(F)c4)CC2)NC(=O)[C@@H]2C[C@@H](O)CN2S3(=O)=O)cn1. The zero-order valence-electron chi connectivity index (χ0n) is 22.9. The Bertz CT molecular complexity index is 1550. The fourth-order valence-corrected chi connectivity index (χ4v) is 7.92. The highest BCUT2D eigenvalue weighted by Crippen LogP contribution is 2.37. The van der Waals surface area contributed by atoms with E-state index in [0.717, 1.165) is 21.0 Å². The van der Waals surface area contributed by atoms with Gasteiger partial charge >= 0.3 is 0 Å². The van der Waals surface area contributed by atoms with Crippen LogP contribution in [0.2, 0.25) is 0 Å². The van der Waals surface area contributed by atoms with Gasteiger partial charge in [0.2, 0.25) is 15.9 Å². The third-order valence-corrected chi connectivity index (χ3v) is 10.4.